The van der Waals surface area contributed by atoms with Gasteiger partial charge in [0.05, 0.1) is 0 Å². The van der Waals surface area contributed by atoms with E-state index in [-0.39, 0.29) is 0 Å². The molecule has 0 amide bonds. The molecule has 0 fully saturated rings. The van der Waals surface area contributed by atoms with Gasteiger partial charge in [0.15, 0.2) is 0 Å². The van der Waals surface area contributed by atoms with Crippen LogP contribution in [0.2, 0.25) is 0 Å². The number of hydrogen-bond acceptors (Lipinski definition) is 2. The van der Waals surface area contributed by atoms with Crippen molar-refractivity contribution in [3.05, 3.63) is 58.0 Å². The molecule has 0 unspecified atom stereocenters. The number of hydrogen-bond donors (Lipinski definition) is 1. The molecule has 0 aliphatic heterocycles. The van der Waals surface area contributed by atoms with Crippen molar-refractivity contribution in [1.29, 1.82) is 0 Å². The van der Waals surface area contributed by atoms with Crippen LogP contribution in [-0.4, -0.2) is 0 Å². The Hall–Kier alpha value is -1.64. The van der Waals surface area contributed by atoms with Gasteiger partial charge in [-0.05, 0) is 89.8 Å². The molecule has 1 nitrogen and oxygen atoms in total. The van der Waals surface area contributed by atoms with Crippen molar-refractivity contribution < 1.29 is 0 Å². The Balaban J connectivity index is 1.79. The SMILES string of the molecule is C=Cc1c(-c2ccc(C3=CCCCC3)cc2CN)sc2c1CC(C)(C)CC2. The van der Waals surface area contributed by atoms with E-state index in [4.69, 9.17) is 5.73 Å². The van der Waals surface area contributed by atoms with Crippen LogP contribution >= 0.6 is 11.3 Å². The molecule has 2 aliphatic carbocycles. The maximum atomic E-state index is 6.20. The van der Waals surface area contributed by atoms with E-state index in [0.29, 0.717) is 12.0 Å². The van der Waals surface area contributed by atoms with E-state index in [1.807, 2.05) is 11.3 Å². The third-order valence-corrected chi connectivity index (χ3v) is 7.59. The van der Waals surface area contributed by atoms with Crippen LogP contribution in [0.4, 0.5) is 0 Å². The molecule has 2 N–H and O–H groups in total. The van der Waals surface area contributed by atoms with Gasteiger partial charge in [0.25, 0.3) is 0 Å². The van der Waals surface area contributed by atoms with E-state index in [0.717, 1.165) is 6.42 Å². The summed E-state index contributed by atoms with van der Waals surface area (Å²) in [6, 6.07) is 6.95. The highest BCUT2D eigenvalue weighted by Crippen LogP contribution is 2.46. The summed E-state index contributed by atoms with van der Waals surface area (Å²) < 4.78 is 0. The molecule has 0 saturated carbocycles. The molecule has 2 aliphatic rings. The summed E-state index contributed by atoms with van der Waals surface area (Å²) in [6.07, 6.45) is 13.1. The van der Waals surface area contributed by atoms with Crippen LogP contribution in [0.15, 0.2) is 30.9 Å². The van der Waals surface area contributed by atoms with E-state index in [1.54, 1.807) is 4.88 Å². The molecule has 0 atom stereocenters. The maximum Gasteiger partial charge on any atom is 0.0423 e. The average molecular weight is 378 g/mol. The van der Waals surface area contributed by atoms with Crippen molar-refractivity contribution in [2.75, 3.05) is 0 Å². The predicted octanol–water partition coefficient (Wildman–Crippen LogP) is 6.99. The number of rotatable bonds is 4. The van der Waals surface area contributed by atoms with Crippen LogP contribution in [0.1, 0.15) is 73.1 Å². The highest BCUT2D eigenvalue weighted by Gasteiger charge is 2.30. The Morgan fingerprint density at radius 2 is 2.07 bits per heavy atom. The fraction of sp³-hybridized carbons (Fsp3) is 0.440. The van der Waals surface area contributed by atoms with Crippen LogP contribution in [0.25, 0.3) is 22.1 Å². The number of aryl methyl sites for hydroxylation is 1. The molecule has 1 aromatic carbocycles. The molecule has 0 spiro atoms. The van der Waals surface area contributed by atoms with Gasteiger partial charge in [0.1, 0.15) is 0 Å². The molecule has 1 aromatic heterocycles. The van der Waals surface area contributed by atoms with Crippen molar-refractivity contribution in [2.45, 2.75) is 65.3 Å². The number of benzene rings is 1. The van der Waals surface area contributed by atoms with E-state index in [9.17, 15) is 0 Å². The van der Waals surface area contributed by atoms with Gasteiger partial charge >= 0.3 is 0 Å². The fourth-order valence-electron chi connectivity index (χ4n) is 4.64. The van der Waals surface area contributed by atoms with Crippen molar-refractivity contribution in [1.82, 2.24) is 0 Å². The molecule has 2 aromatic rings. The molecule has 1 heterocycles. The minimum atomic E-state index is 0.386. The minimum Gasteiger partial charge on any atom is -0.326 e. The molecule has 2 heteroatoms. The molecule has 0 saturated heterocycles. The second-order valence-corrected chi connectivity index (χ2v) is 9.95. The second kappa shape index (κ2) is 7.41. The first-order chi connectivity index (χ1) is 13.0. The Labute approximate surface area is 168 Å². The normalized spacial score (nSPS) is 18.7. The van der Waals surface area contributed by atoms with E-state index in [1.165, 1.54) is 76.8 Å². The molecular formula is C25H31NS. The zero-order chi connectivity index (χ0) is 19.0. The quantitative estimate of drug-likeness (QED) is 0.610. The Kier molecular flexibility index (Phi) is 5.13. The first kappa shape index (κ1) is 18.7. The summed E-state index contributed by atoms with van der Waals surface area (Å²) >= 11 is 1.97. The number of thiophene rings is 1. The zero-order valence-electron chi connectivity index (χ0n) is 16.7. The third-order valence-electron chi connectivity index (χ3n) is 6.25. The van der Waals surface area contributed by atoms with Gasteiger partial charge < -0.3 is 5.73 Å². The van der Waals surface area contributed by atoms with Crippen LogP contribution in [0.3, 0.4) is 0 Å². The molecule has 0 radical (unpaired) electrons. The lowest BCUT2D eigenvalue weighted by Gasteiger charge is -2.29. The lowest BCUT2D eigenvalue weighted by atomic mass is 9.76. The standard InChI is InChI=1S/C25H31NS/c1-4-20-22-15-25(2,3)13-12-23(22)27-24(20)21-11-10-18(14-19(21)16-26)17-8-6-5-7-9-17/h4,8,10-11,14H,1,5-7,9,12-13,15-16,26H2,2-3H3. The van der Waals surface area contributed by atoms with E-state index in [2.05, 4.69) is 50.8 Å². The summed E-state index contributed by atoms with van der Waals surface area (Å²) in [7, 11) is 0. The second-order valence-electron chi connectivity index (χ2n) is 8.84. The van der Waals surface area contributed by atoms with Crippen molar-refractivity contribution >= 4 is 23.0 Å². The van der Waals surface area contributed by atoms with Gasteiger partial charge in [0, 0.05) is 16.3 Å². The van der Waals surface area contributed by atoms with Gasteiger partial charge in [-0.1, -0.05) is 44.7 Å². The topological polar surface area (TPSA) is 26.0 Å². The van der Waals surface area contributed by atoms with E-state index >= 15 is 0 Å². The van der Waals surface area contributed by atoms with Crippen LogP contribution in [-0.2, 0) is 19.4 Å². The Morgan fingerprint density at radius 1 is 1.22 bits per heavy atom. The first-order valence-electron chi connectivity index (χ1n) is 10.3. The average Bonchev–Trinajstić information content (AvgIpc) is 3.04. The van der Waals surface area contributed by atoms with Gasteiger partial charge in [0.2, 0.25) is 0 Å². The van der Waals surface area contributed by atoms with Gasteiger partial charge in [-0.2, -0.15) is 0 Å². The largest absolute Gasteiger partial charge is 0.326 e. The Bertz CT molecular complexity index is 897. The van der Waals surface area contributed by atoms with Crippen molar-refractivity contribution in [2.24, 2.45) is 11.1 Å². The Morgan fingerprint density at radius 3 is 2.78 bits per heavy atom. The molecule has 27 heavy (non-hydrogen) atoms. The molecule has 142 valence electrons. The minimum absolute atomic E-state index is 0.386. The summed E-state index contributed by atoms with van der Waals surface area (Å²) in [4.78, 5) is 2.93. The number of nitrogens with two attached hydrogens (primary N) is 1. The van der Waals surface area contributed by atoms with Gasteiger partial charge in [-0.3, -0.25) is 0 Å². The highest BCUT2D eigenvalue weighted by molar-refractivity contribution is 7.16. The zero-order valence-corrected chi connectivity index (χ0v) is 17.6. The highest BCUT2D eigenvalue weighted by atomic mass is 32.1. The summed E-state index contributed by atoms with van der Waals surface area (Å²) in [6.45, 7) is 9.52. The van der Waals surface area contributed by atoms with Crippen LogP contribution in [0, 0.1) is 5.41 Å². The molecule has 4 rings (SSSR count). The van der Waals surface area contributed by atoms with Crippen LogP contribution in [0.5, 0.6) is 0 Å². The number of fused-ring (bicyclic) bond motifs is 1. The fourth-order valence-corrected chi connectivity index (χ4v) is 6.02. The number of allylic oxidation sites excluding steroid dienone is 2. The monoisotopic (exact) mass is 377 g/mol. The predicted molar refractivity (Wildman–Crippen MR) is 120 cm³/mol. The first-order valence-corrected chi connectivity index (χ1v) is 11.1. The van der Waals surface area contributed by atoms with Crippen molar-refractivity contribution in [3.63, 3.8) is 0 Å². The summed E-state index contributed by atoms with van der Waals surface area (Å²) in [5.41, 5.74) is 14.9. The summed E-state index contributed by atoms with van der Waals surface area (Å²) in [5.74, 6) is 0. The summed E-state index contributed by atoms with van der Waals surface area (Å²) in [5, 5.41) is 0. The third kappa shape index (κ3) is 3.58. The lowest BCUT2D eigenvalue weighted by Crippen LogP contribution is -2.21. The smallest absolute Gasteiger partial charge is 0.0423 e. The maximum absolute atomic E-state index is 6.20. The molecular weight excluding hydrogens is 346 g/mol. The van der Waals surface area contributed by atoms with Crippen LogP contribution < -0.4 is 5.73 Å². The molecule has 0 bridgehead atoms. The lowest BCUT2D eigenvalue weighted by molar-refractivity contribution is 0.318. The van der Waals surface area contributed by atoms with E-state index < -0.39 is 0 Å². The van der Waals surface area contributed by atoms with Crippen molar-refractivity contribution in [3.8, 4) is 10.4 Å². The van der Waals surface area contributed by atoms with Gasteiger partial charge in [-0.25, -0.2) is 0 Å². The van der Waals surface area contributed by atoms with Gasteiger partial charge in [-0.15, -0.1) is 11.3 Å².